The van der Waals surface area contributed by atoms with Crippen LogP contribution in [0.25, 0.3) is 0 Å². The van der Waals surface area contributed by atoms with Crippen molar-refractivity contribution in [2.24, 2.45) is 5.41 Å². The number of aromatic nitrogens is 1. The second kappa shape index (κ2) is 6.83. The highest BCUT2D eigenvalue weighted by Gasteiger charge is 2.49. The monoisotopic (exact) mass is 327 g/mol. The van der Waals surface area contributed by atoms with Crippen LogP contribution in [0.1, 0.15) is 57.1 Å². The summed E-state index contributed by atoms with van der Waals surface area (Å²) in [6, 6.07) is 6.61. The van der Waals surface area contributed by atoms with E-state index in [4.69, 9.17) is 0 Å². The maximum absolute atomic E-state index is 13.3. The van der Waals surface area contributed by atoms with E-state index >= 15 is 0 Å². The first-order valence-corrected chi connectivity index (χ1v) is 9.70. The van der Waals surface area contributed by atoms with E-state index in [1.807, 2.05) is 18.3 Å². The molecule has 0 bridgehead atoms. The second-order valence-electron chi connectivity index (χ2n) is 7.96. The molecule has 1 aromatic heterocycles. The Balaban J connectivity index is 1.43. The predicted molar refractivity (Wildman–Crippen MR) is 94.4 cm³/mol. The van der Waals surface area contributed by atoms with Crippen LogP contribution in [-0.2, 0) is 11.3 Å². The van der Waals surface area contributed by atoms with Gasteiger partial charge in [0.2, 0.25) is 5.91 Å². The Morgan fingerprint density at radius 2 is 1.96 bits per heavy atom. The van der Waals surface area contributed by atoms with E-state index < -0.39 is 0 Å². The molecule has 3 heterocycles. The van der Waals surface area contributed by atoms with Gasteiger partial charge >= 0.3 is 0 Å². The van der Waals surface area contributed by atoms with Gasteiger partial charge in [0.1, 0.15) is 0 Å². The lowest BCUT2D eigenvalue weighted by Gasteiger charge is -2.44. The molecule has 0 unspecified atom stereocenters. The van der Waals surface area contributed by atoms with Crippen LogP contribution in [-0.4, -0.2) is 46.4 Å². The first-order chi connectivity index (χ1) is 11.8. The summed E-state index contributed by atoms with van der Waals surface area (Å²) in [5.41, 5.74) is 1.01. The minimum Gasteiger partial charge on any atom is -0.339 e. The second-order valence-corrected chi connectivity index (χ2v) is 7.96. The first kappa shape index (κ1) is 16.1. The van der Waals surface area contributed by atoms with E-state index in [9.17, 15) is 4.79 Å². The molecule has 1 saturated carbocycles. The van der Waals surface area contributed by atoms with Gasteiger partial charge in [0, 0.05) is 31.9 Å². The molecule has 24 heavy (non-hydrogen) atoms. The summed E-state index contributed by atoms with van der Waals surface area (Å²) in [5.74, 6) is 0.462. The van der Waals surface area contributed by atoms with Crippen molar-refractivity contribution < 1.29 is 4.79 Å². The van der Waals surface area contributed by atoms with Crippen LogP contribution >= 0.6 is 0 Å². The standard InChI is InChI=1S/C20H29N3O/c24-19-20(10-6-13-23(19)18-8-2-1-3-9-18)11-14-22(16-20)15-17-7-4-5-12-21-17/h4-5,7,12,18H,1-3,6,8-11,13-16H2/t20-/m0/s1. The van der Waals surface area contributed by atoms with Crippen molar-refractivity contribution in [1.29, 1.82) is 0 Å². The largest absolute Gasteiger partial charge is 0.339 e. The number of carbonyl (C=O) groups excluding carboxylic acids is 1. The zero-order valence-corrected chi connectivity index (χ0v) is 14.6. The summed E-state index contributed by atoms with van der Waals surface area (Å²) in [6.45, 7) is 3.82. The van der Waals surface area contributed by atoms with E-state index in [-0.39, 0.29) is 5.41 Å². The van der Waals surface area contributed by atoms with Crippen LogP contribution in [0.15, 0.2) is 24.4 Å². The number of amides is 1. The number of hydrogen-bond acceptors (Lipinski definition) is 3. The molecule has 1 spiro atoms. The predicted octanol–water partition coefficient (Wildman–Crippen LogP) is 3.23. The number of likely N-dealkylation sites (tertiary alicyclic amines) is 2. The van der Waals surface area contributed by atoms with E-state index in [0.29, 0.717) is 11.9 Å². The van der Waals surface area contributed by atoms with Crippen molar-refractivity contribution in [3.63, 3.8) is 0 Å². The molecule has 4 heteroatoms. The summed E-state index contributed by atoms with van der Waals surface area (Å²) < 4.78 is 0. The van der Waals surface area contributed by atoms with Crippen LogP contribution in [0.5, 0.6) is 0 Å². The highest BCUT2D eigenvalue weighted by molar-refractivity contribution is 5.84. The zero-order valence-electron chi connectivity index (χ0n) is 14.6. The Kier molecular flexibility index (Phi) is 4.57. The van der Waals surface area contributed by atoms with Crippen LogP contribution in [0.2, 0.25) is 0 Å². The molecule has 0 aromatic carbocycles. The Morgan fingerprint density at radius 1 is 1.08 bits per heavy atom. The van der Waals surface area contributed by atoms with Gasteiger partial charge in [-0.2, -0.15) is 0 Å². The molecule has 2 saturated heterocycles. The Morgan fingerprint density at radius 3 is 2.75 bits per heavy atom. The van der Waals surface area contributed by atoms with Gasteiger partial charge in [0.15, 0.2) is 0 Å². The fourth-order valence-electron chi connectivity index (χ4n) is 5.03. The molecule has 3 fully saturated rings. The molecule has 1 aromatic rings. The van der Waals surface area contributed by atoms with Gasteiger partial charge in [0.05, 0.1) is 11.1 Å². The van der Waals surface area contributed by atoms with Crippen LogP contribution in [0.3, 0.4) is 0 Å². The third kappa shape index (κ3) is 3.08. The Hall–Kier alpha value is -1.42. The van der Waals surface area contributed by atoms with Crippen molar-refractivity contribution in [3.05, 3.63) is 30.1 Å². The van der Waals surface area contributed by atoms with Crippen molar-refractivity contribution in [3.8, 4) is 0 Å². The summed E-state index contributed by atoms with van der Waals surface area (Å²) >= 11 is 0. The molecular formula is C20H29N3O. The maximum Gasteiger partial charge on any atom is 0.230 e. The van der Waals surface area contributed by atoms with Crippen molar-refractivity contribution in [2.75, 3.05) is 19.6 Å². The van der Waals surface area contributed by atoms with Crippen LogP contribution < -0.4 is 0 Å². The number of nitrogens with zero attached hydrogens (tertiary/aromatic N) is 3. The summed E-state index contributed by atoms with van der Waals surface area (Å²) in [4.78, 5) is 22.5. The van der Waals surface area contributed by atoms with Crippen molar-refractivity contribution in [2.45, 2.75) is 64.0 Å². The lowest BCUT2D eigenvalue weighted by molar-refractivity contribution is -0.149. The van der Waals surface area contributed by atoms with Gasteiger partial charge in [-0.3, -0.25) is 14.7 Å². The molecule has 1 atom stereocenters. The molecule has 4 nitrogen and oxygen atoms in total. The molecule has 4 rings (SSSR count). The molecule has 2 aliphatic heterocycles. The highest BCUT2D eigenvalue weighted by Crippen LogP contribution is 2.42. The number of hydrogen-bond donors (Lipinski definition) is 0. The van der Waals surface area contributed by atoms with Gasteiger partial charge in [0.25, 0.3) is 0 Å². The lowest BCUT2D eigenvalue weighted by atomic mass is 9.77. The van der Waals surface area contributed by atoms with Gasteiger partial charge in [-0.25, -0.2) is 0 Å². The number of rotatable bonds is 3. The maximum atomic E-state index is 13.3. The van der Waals surface area contributed by atoms with Crippen molar-refractivity contribution in [1.82, 2.24) is 14.8 Å². The number of carbonyl (C=O) groups is 1. The molecule has 3 aliphatic rings. The van der Waals surface area contributed by atoms with E-state index in [1.165, 1.54) is 38.5 Å². The third-order valence-corrected chi connectivity index (χ3v) is 6.33. The minimum absolute atomic E-state index is 0.107. The van der Waals surface area contributed by atoms with Gasteiger partial charge < -0.3 is 4.90 Å². The smallest absolute Gasteiger partial charge is 0.230 e. The van der Waals surface area contributed by atoms with Crippen LogP contribution in [0.4, 0.5) is 0 Å². The summed E-state index contributed by atoms with van der Waals surface area (Å²) in [6.07, 6.45) is 11.5. The molecule has 0 radical (unpaired) electrons. The summed E-state index contributed by atoms with van der Waals surface area (Å²) in [7, 11) is 0. The minimum atomic E-state index is -0.107. The van der Waals surface area contributed by atoms with Gasteiger partial charge in [-0.15, -0.1) is 0 Å². The van der Waals surface area contributed by atoms with E-state index in [1.54, 1.807) is 0 Å². The first-order valence-electron chi connectivity index (χ1n) is 9.70. The Labute approximate surface area is 145 Å². The molecular weight excluding hydrogens is 298 g/mol. The highest BCUT2D eigenvalue weighted by atomic mass is 16.2. The quantitative estimate of drug-likeness (QED) is 0.855. The Bertz CT molecular complexity index is 570. The van der Waals surface area contributed by atoms with Crippen molar-refractivity contribution >= 4 is 5.91 Å². The van der Waals surface area contributed by atoms with E-state index in [2.05, 4.69) is 20.9 Å². The molecule has 1 aliphatic carbocycles. The summed E-state index contributed by atoms with van der Waals surface area (Å²) in [5, 5.41) is 0. The normalized spacial score (nSPS) is 29.5. The lowest BCUT2D eigenvalue weighted by Crippen LogP contribution is -2.54. The van der Waals surface area contributed by atoms with Gasteiger partial charge in [-0.1, -0.05) is 25.3 Å². The fourth-order valence-corrected chi connectivity index (χ4v) is 5.03. The fraction of sp³-hybridized carbons (Fsp3) is 0.700. The SMILES string of the molecule is O=C1N(C2CCCCC2)CCC[C@@]12CCN(Cc1ccccn1)C2. The topological polar surface area (TPSA) is 36.4 Å². The van der Waals surface area contributed by atoms with Gasteiger partial charge in [-0.05, 0) is 50.8 Å². The number of piperidine rings is 1. The average Bonchev–Trinajstić information content (AvgIpc) is 3.03. The zero-order chi connectivity index (χ0) is 16.4. The third-order valence-electron chi connectivity index (χ3n) is 6.33. The molecule has 1 amide bonds. The average molecular weight is 327 g/mol. The molecule has 130 valence electrons. The molecule has 0 N–H and O–H groups in total. The van der Waals surface area contributed by atoms with E-state index in [0.717, 1.165) is 44.7 Å². The number of pyridine rings is 1. The van der Waals surface area contributed by atoms with Crippen LogP contribution in [0, 0.1) is 5.41 Å².